The number of carbonyl (C=O) groups excluding carboxylic acids is 1. The number of hydrogen-bond donors (Lipinski definition) is 0. The molecule has 1 saturated carbocycles. The van der Waals surface area contributed by atoms with Crippen LogP contribution in [-0.4, -0.2) is 17.3 Å². The summed E-state index contributed by atoms with van der Waals surface area (Å²) in [6, 6.07) is 4.74. The molecule has 1 aliphatic heterocycles. The molecule has 1 aromatic carbocycles. The topological polar surface area (TPSA) is 69.4 Å². The van der Waals surface area contributed by atoms with Crippen molar-refractivity contribution in [1.82, 2.24) is 0 Å². The van der Waals surface area contributed by atoms with Crippen LogP contribution in [0.2, 0.25) is 0 Å². The standard InChI is InChI=1S/C13H13NO4/c15-10-3-5-13(6-4-10)8-18-12-2-1-9(14(16)17)7-11(12)13/h1-2,7H,3-6,8H2. The summed E-state index contributed by atoms with van der Waals surface area (Å²) in [6.45, 7) is 0.538. The highest BCUT2D eigenvalue weighted by atomic mass is 16.6. The Kier molecular flexibility index (Phi) is 2.36. The van der Waals surface area contributed by atoms with Crippen LogP contribution < -0.4 is 4.74 Å². The van der Waals surface area contributed by atoms with Gasteiger partial charge in [-0.2, -0.15) is 0 Å². The Morgan fingerprint density at radius 1 is 1.28 bits per heavy atom. The fraction of sp³-hybridized carbons (Fsp3) is 0.462. The lowest BCUT2D eigenvalue weighted by molar-refractivity contribution is -0.385. The summed E-state index contributed by atoms with van der Waals surface area (Å²) in [5.41, 5.74) is 0.814. The molecule has 0 N–H and O–H groups in total. The molecule has 0 atom stereocenters. The second-order valence-electron chi connectivity index (χ2n) is 5.05. The monoisotopic (exact) mass is 247 g/mol. The minimum Gasteiger partial charge on any atom is -0.492 e. The maximum Gasteiger partial charge on any atom is 0.269 e. The summed E-state index contributed by atoms with van der Waals surface area (Å²) in [4.78, 5) is 21.8. The number of non-ortho nitro benzene ring substituents is 1. The van der Waals surface area contributed by atoms with Gasteiger partial charge in [0.05, 0.1) is 11.5 Å². The van der Waals surface area contributed by atoms with Gasteiger partial charge in [0.25, 0.3) is 5.69 Å². The number of rotatable bonds is 1. The summed E-state index contributed by atoms with van der Waals surface area (Å²) in [5, 5.41) is 10.8. The second kappa shape index (κ2) is 3.80. The van der Waals surface area contributed by atoms with Crippen molar-refractivity contribution < 1.29 is 14.5 Å². The highest BCUT2D eigenvalue weighted by molar-refractivity contribution is 5.80. The van der Waals surface area contributed by atoms with E-state index in [1.54, 1.807) is 12.1 Å². The average Bonchev–Trinajstić information content (AvgIpc) is 2.72. The van der Waals surface area contributed by atoms with E-state index in [9.17, 15) is 14.9 Å². The van der Waals surface area contributed by atoms with E-state index in [1.165, 1.54) is 6.07 Å². The molecule has 18 heavy (non-hydrogen) atoms. The number of nitrogens with zero attached hydrogens (tertiary/aromatic N) is 1. The van der Waals surface area contributed by atoms with Gasteiger partial charge in [-0.25, -0.2) is 0 Å². The summed E-state index contributed by atoms with van der Waals surface area (Å²) < 4.78 is 5.63. The Bertz CT molecular complexity index is 528. The maximum absolute atomic E-state index is 11.3. The van der Waals surface area contributed by atoms with E-state index in [-0.39, 0.29) is 21.8 Å². The molecule has 94 valence electrons. The van der Waals surface area contributed by atoms with Gasteiger partial charge in [0, 0.05) is 36.0 Å². The lowest BCUT2D eigenvalue weighted by atomic mass is 9.70. The van der Waals surface area contributed by atoms with E-state index in [0.29, 0.717) is 19.4 Å². The van der Waals surface area contributed by atoms with Crippen molar-refractivity contribution in [1.29, 1.82) is 0 Å². The molecular formula is C13H13NO4. The lowest BCUT2D eigenvalue weighted by Gasteiger charge is -2.31. The highest BCUT2D eigenvalue weighted by Gasteiger charge is 2.43. The third-order valence-corrected chi connectivity index (χ3v) is 4.01. The SMILES string of the molecule is O=C1CCC2(CC1)COc1ccc([N+](=O)[O-])cc12. The van der Waals surface area contributed by atoms with Crippen LogP contribution in [0.4, 0.5) is 5.69 Å². The van der Waals surface area contributed by atoms with Gasteiger partial charge >= 0.3 is 0 Å². The Morgan fingerprint density at radius 2 is 2.00 bits per heavy atom. The summed E-state index contributed by atoms with van der Waals surface area (Å²) >= 11 is 0. The quantitative estimate of drug-likeness (QED) is 0.564. The van der Waals surface area contributed by atoms with Gasteiger partial charge in [0.2, 0.25) is 0 Å². The van der Waals surface area contributed by atoms with Crippen molar-refractivity contribution in [3.05, 3.63) is 33.9 Å². The predicted octanol–water partition coefficient (Wildman–Crippen LogP) is 2.37. The zero-order valence-electron chi connectivity index (χ0n) is 9.85. The minimum atomic E-state index is -0.389. The van der Waals surface area contributed by atoms with E-state index in [2.05, 4.69) is 0 Å². The molecule has 0 amide bonds. The van der Waals surface area contributed by atoms with Gasteiger partial charge in [0.15, 0.2) is 0 Å². The molecule has 0 unspecified atom stereocenters. The highest BCUT2D eigenvalue weighted by Crippen LogP contribution is 2.48. The van der Waals surface area contributed by atoms with E-state index in [0.717, 1.165) is 24.2 Å². The van der Waals surface area contributed by atoms with Gasteiger partial charge in [-0.3, -0.25) is 14.9 Å². The maximum atomic E-state index is 11.3. The zero-order valence-corrected chi connectivity index (χ0v) is 9.85. The van der Waals surface area contributed by atoms with Crippen LogP contribution in [-0.2, 0) is 10.2 Å². The molecule has 0 bridgehead atoms. The van der Waals surface area contributed by atoms with Crippen LogP contribution >= 0.6 is 0 Å². The van der Waals surface area contributed by atoms with Gasteiger partial charge in [-0.1, -0.05) is 0 Å². The van der Waals surface area contributed by atoms with Gasteiger partial charge in [-0.15, -0.1) is 0 Å². The summed E-state index contributed by atoms with van der Waals surface area (Å²) in [5.74, 6) is 1.01. The number of ether oxygens (including phenoxy) is 1. The first-order chi connectivity index (χ1) is 8.61. The third kappa shape index (κ3) is 1.58. The largest absolute Gasteiger partial charge is 0.492 e. The van der Waals surface area contributed by atoms with Gasteiger partial charge in [-0.05, 0) is 18.9 Å². The molecule has 0 radical (unpaired) electrons. The number of Topliss-reactive ketones (excluding diaryl/α,β-unsaturated/α-hetero) is 1. The Morgan fingerprint density at radius 3 is 2.67 bits per heavy atom. The van der Waals surface area contributed by atoms with Crippen LogP contribution in [0.15, 0.2) is 18.2 Å². The molecule has 5 heteroatoms. The Hall–Kier alpha value is -1.91. The normalized spacial score (nSPS) is 20.6. The van der Waals surface area contributed by atoms with Crippen LogP contribution in [0.25, 0.3) is 0 Å². The van der Waals surface area contributed by atoms with Crippen LogP contribution in [0.1, 0.15) is 31.2 Å². The molecule has 2 aliphatic rings. The molecule has 3 rings (SSSR count). The smallest absolute Gasteiger partial charge is 0.269 e. The van der Waals surface area contributed by atoms with Crippen molar-refractivity contribution in [3.63, 3.8) is 0 Å². The Labute approximate surface area is 104 Å². The van der Waals surface area contributed by atoms with Crippen molar-refractivity contribution >= 4 is 11.5 Å². The van der Waals surface area contributed by atoms with Crippen molar-refractivity contribution in [2.45, 2.75) is 31.1 Å². The van der Waals surface area contributed by atoms with Crippen LogP contribution in [0.5, 0.6) is 5.75 Å². The van der Waals surface area contributed by atoms with E-state index in [4.69, 9.17) is 4.74 Å². The van der Waals surface area contributed by atoms with E-state index >= 15 is 0 Å². The van der Waals surface area contributed by atoms with Crippen molar-refractivity contribution in [2.24, 2.45) is 0 Å². The number of fused-ring (bicyclic) bond motifs is 2. The fourth-order valence-electron chi connectivity index (χ4n) is 2.89. The number of benzene rings is 1. The summed E-state index contributed by atoms with van der Waals surface area (Å²) in [6.07, 6.45) is 2.57. The Balaban J connectivity index is 2.02. The molecule has 1 heterocycles. The molecule has 1 aliphatic carbocycles. The number of ketones is 1. The van der Waals surface area contributed by atoms with Crippen LogP contribution in [0.3, 0.4) is 0 Å². The number of carbonyl (C=O) groups is 1. The predicted molar refractivity (Wildman–Crippen MR) is 63.7 cm³/mol. The third-order valence-electron chi connectivity index (χ3n) is 4.01. The lowest BCUT2D eigenvalue weighted by Crippen LogP contribution is -2.33. The fourth-order valence-corrected chi connectivity index (χ4v) is 2.89. The molecule has 5 nitrogen and oxygen atoms in total. The molecule has 1 spiro atoms. The van der Waals surface area contributed by atoms with Gasteiger partial charge in [0.1, 0.15) is 11.5 Å². The first-order valence-electron chi connectivity index (χ1n) is 6.04. The van der Waals surface area contributed by atoms with E-state index in [1.807, 2.05) is 0 Å². The zero-order chi connectivity index (χ0) is 12.8. The summed E-state index contributed by atoms with van der Waals surface area (Å²) in [7, 11) is 0. The molecule has 1 fully saturated rings. The number of nitro groups is 1. The molecule has 1 aromatic rings. The average molecular weight is 247 g/mol. The van der Waals surface area contributed by atoms with Crippen molar-refractivity contribution in [2.75, 3.05) is 6.61 Å². The second-order valence-corrected chi connectivity index (χ2v) is 5.05. The van der Waals surface area contributed by atoms with Crippen molar-refractivity contribution in [3.8, 4) is 5.75 Å². The van der Waals surface area contributed by atoms with Gasteiger partial charge < -0.3 is 4.74 Å². The van der Waals surface area contributed by atoms with E-state index < -0.39 is 0 Å². The molecule has 0 aromatic heterocycles. The molecule has 0 saturated heterocycles. The van der Waals surface area contributed by atoms with Crippen LogP contribution in [0, 0.1) is 10.1 Å². The number of nitro benzene ring substituents is 1. The first-order valence-corrected chi connectivity index (χ1v) is 6.04. The minimum absolute atomic E-state index is 0.0931. The number of hydrogen-bond acceptors (Lipinski definition) is 4. The first kappa shape index (κ1) is 11.2. The molecular weight excluding hydrogens is 234 g/mol.